The first kappa shape index (κ1) is 16.3. The van der Waals surface area contributed by atoms with Gasteiger partial charge in [-0.2, -0.15) is 0 Å². The van der Waals surface area contributed by atoms with Gasteiger partial charge in [-0.1, -0.05) is 12.1 Å². The third-order valence-electron chi connectivity index (χ3n) is 3.82. The Bertz CT molecular complexity index is 521. The Morgan fingerprint density at radius 3 is 2.77 bits per heavy atom. The van der Waals surface area contributed by atoms with Crippen molar-refractivity contribution in [2.24, 2.45) is 4.99 Å². The SMILES string of the molecule is CCNC(=NCCc1cccc(C(=O)NC)c1)N1CCCC1. The van der Waals surface area contributed by atoms with Gasteiger partial charge in [0.15, 0.2) is 5.96 Å². The van der Waals surface area contributed by atoms with E-state index in [1.165, 1.54) is 12.8 Å². The Labute approximate surface area is 132 Å². The first-order valence-electron chi connectivity index (χ1n) is 8.09. The van der Waals surface area contributed by atoms with Gasteiger partial charge in [0.25, 0.3) is 5.91 Å². The molecule has 1 fully saturated rings. The van der Waals surface area contributed by atoms with Crippen LogP contribution in [0.25, 0.3) is 0 Å². The highest BCUT2D eigenvalue weighted by molar-refractivity contribution is 5.94. The summed E-state index contributed by atoms with van der Waals surface area (Å²) in [6.45, 7) is 5.91. The van der Waals surface area contributed by atoms with Crippen molar-refractivity contribution >= 4 is 11.9 Å². The van der Waals surface area contributed by atoms with Crippen molar-refractivity contribution in [3.8, 4) is 0 Å². The van der Waals surface area contributed by atoms with Gasteiger partial charge in [0.1, 0.15) is 0 Å². The van der Waals surface area contributed by atoms with Gasteiger partial charge < -0.3 is 15.5 Å². The van der Waals surface area contributed by atoms with Crippen molar-refractivity contribution in [2.75, 3.05) is 33.2 Å². The molecule has 0 radical (unpaired) electrons. The fourth-order valence-electron chi connectivity index (χ4n) is 2.66. The summed E-state index contributed by atoms with van der Waals surface area (Å²) in [7, 11) is 1.65. The van der Waals surface area contributed by atoms with Gasteiger partial charge in [-0.15, -0.1) is 0 Å². The Kier molecular flexibility index (Phi) is 6.25. The molecule has 5 heteroatoms. The van der Waals surface area contributed by atoms with Crippen LogP contribution in [0.5, 0.6) is 0 Å². The molecule has 0 spiro atoms. The van der Waals surface area contributed by atoms with Crippen molar-refractivity contribution in [1.82, 2.24) is 15.5 Å². The predicted octanol–water partition coefficient (Wildman–Crippen LogP) is 1.65. The second-order valence-electron chi connectivity index (χ2n) is 5.46. The molecule has 1 saturated heterocycles. The normalized spacial score (nSPS) is 15.0. The molecule has 2 rings (SSSR count). The highest BCUT2D eigenvalue weighted by Gasteiger charge is 2.15. The van der Waals surface area contributed by atoms with Gasteiger partial charge in [-0.05, 0) is 43.9 Å². The largest absolute Gasteiger partial charge is 0.357 e. The summed E-state index contributed by atoms with van der Waals surface area (Å²) in [6.07, 6.45) is 3.34. The zero-order valence-corrected chi connectivity index (χ0v) is 13.6. The summed E-state index contributed by atoms with van der Waals surface area (Å²) in [6, 6.07) is 7.75. The molecule has 1 aliphatic rings. The fraction of sp³-hybridized carbons (Fsp3) is 0.529. The van der Waals surface area contributed by atoms with E-state index in [1.54, 1.807) is 7.05 Å². The Morgan fingerprint density at radius 1 is 1.32 bits per heavy atom. The quantitative estimate of drug-likeness (QED) is 0.642. The maximum Gasteiger partial charge on any atom is 0.251 e. The van der Waals surface area contributed by atoms with Gasteiger partial charge in [0.05, 0.1) is 0 Å². The lowest BCUT2D eigenvalue weighted by Gasteiger charge is -2.20. The lowest BCUT2D eigenvalue weighted by atomic mass is 10.1. The first-order valence-corrected chi connectivity index (χ1v) is 8.09. The number of nitrogens with one attached hydrogen (secondary N) is 2. The molecule has 0 aromatic heterocycles. The number of hydrogen-bond donors (Lipinski definition) is 2. The number of rotatable bonds is 5. The first-order chi connectivity index (χ1) is 10.7. The van der Waals surface area contributed by atoms with E-state index in [-0.39, 0.29) is 5.91 Å². The summed E-state index contributed by atoms with van der Waals surface area (Å²) in [5, 5.41) is 6.01. The smallest absolute Gasteiger partial charge is 0.251 e. The Balaban J connectivity index is 1.95. The van der Waals surface area contributed by atoms with E-state index in [4.69, 9.17) is 4.99 Å². The Hall–Kier alpha value is -2.04. The molecule has 1 aromatic rings. The average molecular weight is 302 g/mol. The molecule has 1 amide bonds. The number of amides is 1. The lowest BCUT2D eigenvalue weighted by molar-refractivity contribution is 0.0963. The lowest BCUT2D eigenvalue weighted by Crippen LogP contribution is -2.39. The maximum atomic E-state index is 11.7. The molecular formula is C17H26N4O. The van der Waals surface area contributed by atoms with Crippen LogP contribution in [0.2, 0.25) is 0 Å². The van der Waals surface area contributed by atoms with Crippen molar-refractivity contribution in [3.05, 3.63) is 35.4 Å². The number of carbonyl (C=O) groups excluding carboxylic acids is 1. The van der Waals surface area contributed by atoms with E-state index in [9.17, 15) is 4.79 Å². The van der Waals surface area contributed by atoms with Crippen LogP contribution in [0, 0.1) is 0 Å². The third kappa shape index (κ3) is 4.48. The highest BCUT2D eigenvalue weighted by atomic mass is 16.1. The van der Waals surface area contributed by atoms with Crippen molar-refractivity contribution in [3.63, 3.8) is 0 Å². The number of likely N-dealkylation sites (tertiary alicyclic amines) is 1. The molecule has 1 aromatic carbocycles. The molecule has 120 valence electrons. The maximum absolute atomic E-state index is 11.7. The molecule has 0 saturated carbocycles. The summed E-state index contributed by atoms with van der Waals surface area (Å²) in [5.74, 6) is 0.971. The molecule has 22 heavy (non-hydrogen) atoms. The zero-order valence-electron chi connectivity index (χ0n) is 13.6. The van der Waals surface area contributed by atoms with Crippen LogP contribution in [0.1, 0.15) is 35.7 Å². The summed E-state index contributed by atoms with van der Waals surface area (Å²) in [5.41, 5.74) is 1.84. The number of aliphatic imine (C=N–C) groups is 1. The van der Waals surface area contributed by atoms with Crippen LogP contribution in [0.4, 0.5) is 0 Å². The number of benzene rings is 1. The molecule has 1 heterocycles. The number of guanidine groups is 1. The molecule has 5 nitrogen and oxygen atoms in total. The minimum Gasteiger partial charge on any atom is -0.357 e. The molecule has 0 bridgehead atoms. The van der Waals surface area contributed by atoms with Gasteiger partial charge in [0, 0.05) is 38.8 Å². The van der Waals surface area contributed by atoms with Crippen LogP contribution in [-0.4, -0.2) is 50.0 Å². The Morgan fingerprint density at radius 2 is 2.09 bits per heavy atom. The van der Waals surface area contributed by atoms with Crippen LogP contribution < -0.4 is 10.6 Å². The zero-order chi connectivity index (χ0) is 15.8. The van der Waals surface area contributed by atoms with E-state index < -0.39 is 0 Å². The van der Waals surface area contributed by atoms with E-state index in [1.807, 2.05) is 24.3 Å². The van der Waals surface area contributed by atoms with Crippen molar-refractivity contribution in [2.45, 2.75) is 26.2 Å². The molecule has 0 atom stereocenters. The fourth-order valence-corrected chi connectivity index (χ4v) is 2.66. The minimum absolute atomic E-state index is 0.0456. The van der Waals surface area contributed by atoms with Crippen LogP contribution in [-0.2, 0) is 6.42 Å². The number of carbonyl (C=O) groups is 1. The monoisotopic (exact) mass is 302 g/mol. The molecule has 2 N–H and O–H groups in total. The summed E-state index contributed by atoms with van der Waals surface area (Å²) >= 11 is 0. The third-order valence-corrected chi connectivity index (χ3v) is 3.82. The highest BCUT2D eigenvalue weighted by Crippen LogP contribution is 2.09. The molecule has 1 aliphatic heterocycles. The van der Waals surface area contributed by atoms with Gasteiger partial charge >= 0.3 is 0 Å². The summed E-state index contributed by atoms with van der Waals surface area (Å²) < 4.78 is 0. The topological polar surface area (TPSA) is 56.7 Å². The van der Waals surface area contributed by atoms with E-state index in [0.29, 0.717) is 5.56 Å². The summed E-state index contributed by atoms with van der Waals surface area (Å²) in [4.78, 5) is 18.7. The van der Waals surface area contributed by atoms with Gasteiger partial charge in [-0.25, -0.2) is 0 Å². The van der Waals surface area contributed by atoms with Gasteiger partial charge in [0.2, 0.25) is 0 Å². The van der Waals surface area contributed by atoms with E-state index in [2.05, 4.69) is 22.5 Å². The van der Waals surface area contributed by atoms with Crippen LogP contribution >= 0.6 is 0 Å². The molecular weight excluding hydrogens is 276 g/mol. The van der Waals surface area contributed by atoms with Crippen LogP contribution in [0.15, 0.2) is 29.3 Å². The molecule has 0 unspecified atom stereocenters. The van der Waals surface area contributed by atoms with E-state index in [0.717, 1.165) is 44.1 Å². The van der Waals surface area contributed by atoms with Crippen LogP contribution in [0.3, 0.4) is 0 Å². The average Bonchev–Trinajstić information content (AvgIpc) is 3.08. The standard InChI is InChI=1S/C17H26N4O/c1-3-19-17(21-11-4-5-12-21)20-10-9-14-7-6-8-15(13-14)16(22)18-2/h6-8,13H,3-5,9-12H2,1-2H3,(H,18,22)(H,19,20). The van der Waals surface area contributed by atoms with E-state index >= 15 is 0 Å². The second kappa shape index (κ2) is 8.41. The predicted molar refractivity (Wildman–Crippen MR) is 90.3 cm³/mol. The minimum atomic E-state index is -0.0456. The second-order valence-corrected chi connectivity index (χ2v) is 5.46. The van der Waals surface area contributed by atoms with Crippen molar-refractivity contribution < 1.29 is 4.79 Å². The number of nitrogens with zero attached hydrogens (tertiary/aromatic N) is 2. The molecule has 0 aliphatic carbocycles. The van der Waals surface area contributed by atoms with Gasteiger partial charge in [-0.3, -0.25) is 9.79 Å². The van der Waals surface area contributed by atoms with Crippen molar-refractivity contribution in [1.29, 1.82) is 0 Å². The number of hydrogen-bond acceptors (Lipinski definition) is 2.